The maximum atomic E-state index is 11.3. The lowest BCUT2D eigenvalue weighted by Crippen LogP contribution is -2.29. The minimum atomic E-state index is -0.518. The monoisotopic (exact) mass is 188 g/mol. The molecule has 5 nitrogen and oxygen atoms in total. The Bertz CT molecular complexity index is 234. The number of halogens is 1. The predicted molar refractivity (Wildman–Crippen MR) is 44.0 cm³/mol. The zero-order chi connectivity index (χ0) is 9.14. The molecule has 0 bridgehead atoms. The number of nitrogens with zero attached hydrogens (tertiary/aromatic N) is 4. The number of azide groups is 1. The summed E-state index contributed by atoms with van der Waals surface area (Å²) in [5.74, 6) is 0.188. The van der Waals surface area contributed by atoms with Crippen LogP contribution in [-0.4, -0.2) is 16.4 Å². The molecule has 0 saturated heterocycles. The van der Waals surface area contributed by atoms with Crippen LogP contribution in [0.2, 0.25) is 0 Å². The number of carbonyl (C=O) groups excluding carboxylic acids is 1. The number of hydrogen-bond acceptors (Lipinski definition) is 2. The lowest BCUT2D eigenvalue weighted by molar-refractivity contribution is -0.123. The third kappa shape index (κ3) is 2.03. The van der Waals surface area contributed by atoms with Crippen molar-refractivity contribution in [1.82, 2.24) is 4.53 Å². The van der Waals surface area contributed by atoms with Crippen LogP contribution >= 0.6 is 11.8 Å². The van der Waals surface area contributed by atoms with E-state index in [4.69, 9.17) is 17.3 Å². The third-order valence-corrected chi connectivity index (χ3v) is 2.20. The molecule has 0 radical (unpaired) electrons. The molecule has 66 valence electrons. The van der Waals surface area contributed by atoms with Gasteiger partial charge in [-0.2, -0.15) is 4.91 Å². The molecule has 1 fully saturated rings. The van der Waals surface area contributed by atoms with Crippen molar-refractivity contribution in [1.29, 1.82) is 0 Å². The van der Waals surface area contributed by atoms with Gasteiger partial charge in [0.15, 0.2) is 11.8 Å². The van der Waals surface area contributed by atoms with E-state index in [0.29, 0.717) is 0 Å². The third-order valence-electron chi connectivity index (χ3n) is 1.84. The lowest BCUT2D eigenvalue weighted by Gasteiger charge is -2.10. The molecule has 1 aliphatic rings. The van der Waals surface area contributed by atoms with Crippen LogP contribution in [-0.2, 0) is 4.79 Å². The van der Waals surface area contributed by atoms with Gasteiger partial charge in [0.25, 0.3) is 0 Å². The van der Waals surface area contributed by atoms with E-state index in [2.05, 4.69) is 10.1 Å². The summed E-state index contributed by atoms with van der Waals surface area (Å²) in [6, 6.07) is -0.518. The second-order valence-electron chi connectivity index (χ2n) is 2.82. The van der Waals surface area contributed by atoms with Crippen LogP contribution in [0.25, 0.3) is 10.4 Å². The van der Waals surface area contributed by atoms with Crippen molar-refractivity contribution in [2.24, 2.45) is 11.1 Å². The molecule has 1 atom stereocenters. The quantitative estimate of drug-likeness (QED) is 0.223. The second kappa shape index (κ2) is 3.65. The van der Waals surface area contributed by atoms with Crippen molar-refractivity contribution in [2.75, 3.05) is 0 Å². The van der Waals surface area contributed by atoms with Gasteiger partial charge in [0.05, 0.1) is 0 Å². The van der Waals surface area contributed by atoms with Crippen LogP contribution in [0.15, 0.2) is 5.22 Å². The molecule has 0 aromatic heterocycles. The Labute approximate surface area is 75.0 Å². The molecule has 0 aromatic carbocycles. The SMILES string of the molecule is CC(C(=O)C1CC1)N(Cl)N=[N+]=[N-]. The normalized spacial score (nSPS) is 17.8. The summed E-state index contributed by atoms with van der Waals surface area (Å²) in [5.41, 5.74) is 8.04. The van der Waals surface area contributed by atoms with Crippen LogP contribution < -0.4 is 0 Å². The summed E-state index contributed by atoms with van der Waals surface area (Å²) < 4.78 is 0.834. The van der Waals surface area contributed by atoms with E-state index in [1.54, 1.807) is 6.92 Å². The van der Waals surface area contributed by atoms with Crippen molar-refractivity contribution in [3.63, 3.8) is 0 Å². The minimum Gasteiger partial charge on any atom is -0.295 e. The fourth-order valence-electron chi connectivity index (χ4n) is 0.930. The molecule has 1 aliphatic carbocycles. The van der Waals surface area contributed by atoms with E-state index in [9.17, 15) is 4.79 Å². The van der Waals surface area contributed by atoms with Crippen molar-refractivity contribution < 1.29 is 4.79 Å². The molecular weight excluding hydrogens is 180 g/mol. The van der Waals surface area contributed by atoms with E-state index < -0.39 is 6.04 Å². The van der Waals surface area contributed by atoms with Gasteiger partial charge < -0.3 is 0 Å². The van der Waals surface area contributed by atoms with Crippen LogP contribution in [0.3, 0.4) is 0 Å². The van der Waals surface area contributed by atoms with Gasteiger partial charge >= 0.3 is 0 Å². The maximum Gasteiger partial charge on any atom is 0.181 e. The standard InChI is InChI=1S/C6H9ClN4O/c1-4(11(7)10-9-8)6(12)5-2-3-5/h4-5H,2-3H2,1H3. The van der Waals surface area contributed by atoms with Gasteiger partial charge in [0, 0.05) is 11.1 Å². The Morgan fingerprint density at radius 1 is 1.83 bits per heavy atom. The molecule has 1 saturated carbocycles. The largest absolute Gasteiger partial charge is 0.295 e. The molecule has 1 unspecified atom stereocenters. The molecule has 1 rings (SSSR count). The molecule has 0 N–H and O–H groups in total. The molecule has 0 amide bonds. The summed E-state index contributed by atoms with van der Waals surface area (Å²) in [5, 5.41) is 3.11. The zero-order valence-corrected chi connectivity index (χ0v) is 7.40. The summed E-state index contributed by atoms with van der Waals surface area (Å²) in [6.45, 7) is 1.63. The summed E-state index contributed by atoms with van der Waals surface area (Å²) >= 11 is 5.49. The molecule has 12 heavy (non-hydrogen) atoms. The van der Waals surface area contributed by atoms with Crippen molar-refractivity contribution in [2.45, 2.75) is 25.8 Å². The zero-order valence-electron chi connectivity index (χ0n) is 6.64. The molecular formula is C6H9ClN4O. The van der Waals surface area contributed by atoms with Gasteiger partial charge in [-0.15, -0.1) is 10.1 Å². The van der Waals surface area contributed by atoms with Crippen molar-refractivity contribution in [3.8, 4) is 0 Å². The van der Waals surface area contributed by atoms with Gasteiger partial charge in [-0.1, -0.05) is 0 Å². The average molecular weight is 189 g/mol. The molecule has 0 spiro atoms. The lowest BCUT2D eigenvalue weighted by atomic mass is 10.1. The number of hydrogen-bond donors (Lipinski definition) is 0. The van der Waals surface area contributed by atoms with E-state index in [1.165, 1.54) is 0 Å². The molecule has 0 heterocycles. The molecule has 0 aromatic rings. The smallest absolute Gasteiger partial charge is 0.181 e. The summed E-state index contributed by atoms with van der Waals surface area (Å²) in [4.78, 5) is 13.8. The topological polar surface area (TPSA) is 69.1 Å². The van der Waals surface area contributed by atoms with E-state index >= 15 is 0 Å². The number of Topliss-reactive ketones (excluding diaryl/α,β-unsaturated/α-hetero) is 1. The fraction of sp³-hybridized carbons (Fsp3) is 0.833. The highest BCUT2D eigenvalue weighted by molar-refractivity contribution is 6.14. The number of carbonyl (C=O) groups is 1. The molecule has 0 aliphatic heterocycles. The van der Waals surface area contributed by atoms with Crippen LogP contribution in [0.4, 0.5) is 0 Å². The van der Waals surface area contributed by atoms with Crippen LogP contribution in [0.1, 0.15) is 19.8 Å². The Hall–Kier alpha value is -0.930. The Balaban J connectivity index is 2.49. The van der Waals surface area contributed by atoms with Crippen molar-refractivity contribution in [3.05, 3.63) is 10.4 Å². The summed E-state index contributed by atoms with van der Waals surface area (Å²) in [7, 11) is 0. The van der Waals surface area contributed by atoms with Gasteiger partial charge in [0.1, 0.15) is 11.8 Å². The maximum absolute atomic E-state index is 11.3. The Kier molecular flexibility index (Phi) is 2.78. The van der Waals surface area contributed by atoms with E-state index in [1.807, 2.05) is 0 Å². The minimum absolute atomic E-state index is 0.0531. The van der Waals surface area contributed by atoms with Crippen molar-refractivity contribution >= 4 is 17.6 Å². The molecule has 6 heteroatoms. The Morgan fingerprint density at radius 3 is 2.83 bits per heavy atom. The highest BCUT2D eigenvalue weighted by Crippen LogP contribution is 2.32. The van der Waals surface area contributed by atoms with Gasteiger partial charge in [-0.25, -0.2) is 0 Å². The highest BCUT2D eigenvalue weighted by Gasteiger charge is 2.36. The van der Waals surface area contributed by atoms with E-state index in [0.717, 1.165) is 17.4 Å². The van der Waals surface area contributed by atoms with Gasteiger partial charge in [-0.3, -0.25) is 4.79 Å². The second-order valence-corrected chi connectivity index (χ2v) is 3.17. The number of rotatable bonds is 4. The first kappa shape index (κ1) is 9.16. The Morgan fingerprint density at radius 2 is 2.42 bits per heavy atom. The van der Waals surface area contributed by atoms with E-state index in [-0.39, 0.29) is 11.7 Å². The first-order chi connectivity index (χ1) is 5.66. The average Bonchev–Trinajstić information content (AvgIpc) is 2.84. The van der Waals surface area contributed by atoms with Gasteiger partial charge in [0.2, 0.25) is 0 Å². The van der Waals surface area contributed by atoms with Crippen LogP contribution in [0.5, 0.6) is 0 Å². The van der Waals surface area contributed by atoms with Crippen LogP contribution in [0, 0.1) is 5.92 Å². The first-order valence-corrected chi connectivity index (χ1v) is 4.04. The van der Waals surface area contributed by atoms with Gasteiger partial charge in [-0.05, 0) is 19.8 Å². The highest BCUT2D eigenvalue weighted by atomic mass is 35.5. The summed E-state index contributed by atoms with van der Waals surface area (Å²) in [6.07, 6.45) is 1.87. The fourth-order valence-corrected chi connectivity index (χ4v) is 1.06. The number of ketones is 1. The first-order valence-electron chi connectivity index (χ1n) is 3.70. The predicted octanol–water partition coefficient (Wildman–Crippen LogP) is 2.04.